The normalized spacial score (nSPS) is 10.9. The van der Waals surface area contributed by atoms with E-state index in [1.165, 1.54) is 6.08 Å². The molecule has 0 aliphatic carbocycles. The van der Waals surface area contributed by atoms with E-state index in [9.17, 15) is 4.79 Å². The van der Waals surface area contributed by atoms with Crippen LogP contribution >= 0.6 is 63.7 Å². The highest BCUT2D eigenvalue weighted by Crippen LogP contribution is 2.31. The average Bonchev–Trinajstić information content (AvgIpc) is 2.69. The maximum Gasteiger partial charge on any atom is 0.244 e. The van der Waals surface area contributed by atoms with Crippen LogP contribution in [0.25, 0.3) is 6.08 Å². The summed E-state index contributed by atoms with van der Waals surface area (Å²) in [6, 6.07) is 9.56. The largest absolute Gasteiger partial charge is 0.496 e. The minimum Gasteiger partial charge on any atom is -0.496 e. The van der Waals surface area contributed by atoms with Gasteiger partial charge in [-0.2, -0.15) is 0 Å². The van der Waals surface area contributed by atoms with Crippen molar-refractivity contribution in [1.82, 2.24) is 5.32 Å². The Hall–Kier alpha value is -0.830. The third-order valence-corrected chi connectivity index (χ3v) is 6.53. The van der Waals surface area contributed by atoms with Gasteiger partial charge in [-0.25, -0.2) is 0 Å². The number of benzene rings is 2. The van der Waals surface area contributed by atoms with E-state index in [1.54, 1.807) is 13.2 Å². The highest BCUT2D eigenvalue weighted by molar-refractivity contribution is 9.11. The molecule has 156 valence electrons. The maximum atomic E-state index is 12.1. The SMILES string of the molecule is COc1ccc(/C=C/C(=O)NCCc2c(Br)cc(OCCCBr)cc2Br)cc1Br. The first-order valence-electron chi connectivity index (χ1n) is 8.90. The second-order valence-corrected chi connectivity index (χ2v) is 9.38. The predicted molar refractivity (Wildman–Crippen MR) is 132 cm³/mol. The predicted octanol–water partition coefficient (Wildman–Crippen LogP) is 6.52. The molecule has 0 unspecified atom stereocenters. The maximum absolute atomic E-state index is 12.1. The molecule has 2 aromatic rings. The molecule has 0 aliphatic heterocycles. The lowest BCUT2D eigenvalue weighted by atomic mass is 10.1. The minimum absolute atomic E-state index is 0.140. The molecule has 8 heteroatoms. The lowest BCUT2D eigenvalue weighted by Crippen LogP contribution is -2.23. The smallest absolute Gasteiger partial charge is 0.244 e. The molecule has 2 aromatic carbocycles. The average molecular weight is 655 g/mol. The molecule has 0 saturated heterocycles. The van der Waals surface area contributed by atoms with E-state index in [0.717, 1.165) is 47.8 Å². The van der Waals surface area contributed by atoms with E-state index in [4.69, 9.17) is 9.47 Å². The summed E-state index contributed by atoms with van der Waals surface area (Å²) in [4.78, 5) is 12.1. The van der Waals surface area contributed by atoms with Crippen LogP contribution in [0.5, 0.6) is 11.5 Å². The van der Waals surface area contributed by atoms with Gasteiger partial charge in [0, 0.05) is 26.9 Å². The second kappa shape index (κ2) is 12.8. The molecule has 0 bridgehead atoms. The van der Waals surface area contributed by atoms with Gasteiger partial charge in [-0.1, -0.05) is 53.9 Å². The lowest BCUT2D eigenvalue weighted by Gasteiger charge is -2.12. The Kier molecular flexibility index (Phi) is 10.8. The first-order chi connectivity index (χ1) is 13.9. The topological polar surface area (TPSA) is 47.6 Å². The standard InChI is InChI=1S/C21H21Br4NO3/c1-28-20-5-3-14(11-19(20)25)4-6-21(27)26-9-7-16-17(23)12-15(13-18(16)24)29-10-2-8-22/h3-6,11-13H,2,7-10H2,1H3,(H,26,27)/b6-4+. The number of amides is 1. The number of alkyl halides is 1. The molecule has 1 N–H and O–H groups in total. The summed E-state index contributed by atoms with van der Waals surface area (Å²) in [5, 5.41) is 3.82. The van der Waals surface area contributed by atoms with Crippen molar-refractivity contribution in [3.05, 3.63) is 61.0 Å². The van der Waals surface area contributed by atoms with Crippen molar-refractivity contribution >= 4 is 75.7 Å². The molecule has 0 aliphatic rings. The molecule has 0 aromatic heterocycles. The molecule has 0 spiro atoms. The monoisotopic (exact) mass is 651 g/mol. The molecule has 2 rings (SSSR count). The van der Waals surface area contributed by atoms with Crippen LogP contribution in [0.1, 0.15) is 17.5 Å². The second-order valence-electron chi connectivity index (χ2n) is 6.02. The number of carbonyl (C=O) groups is 1. The summed E-state index contributed by atoms with van der Waals surface area (Å²) in [5.74, 6) is 1.42. The van der Waals surface area contributed by atoms with Crippen molar-refractivity contribution in [3.63, 3.8) is 0 Å². The zero-order valence-electron chi connectivity index (χ0n) is 15.8. The lowest BCUT2D eigenvalue weighted by molar-refractivity contribution is -0.116. The van der Waals surface area contributed by atoms with E-state index in [-0.39, 0.29) is 5.91 Å². The zero-order valence-corrected chi connectivity index (χ0v) is 22.2. The molecule has 0 radical (unpaired) electrons. The van der Waals surface area contributed by atoms with E-state index in [1.807, 2.05) is 30.3 Å². The van der Waals surface area contributed by atoms with Crippen molar-refractivity contribution in [2.75, 3.05) is 25.6 Å². The van der Waals surface area contributed by atoms with Crippen LogP contribution in [0.15, 0.2) is 49.8 Å². The highest BCUT2D eigenvalue weighted by atomic mass is 79.9. The molecule has 0 saturated carbocycles. The summed E-state index contributed by atoms with van der Waals surface area (Å²) in [6.45, 7) is 1.19. The van der Waals surface area contributed by atoms with E-state index in [0.29, 0.717) is 19.6 Å². The Morgan fingerprint density at radius 1 is 1.10 bits per heavy atom. The van der Waals surface area contributed by atoms with Gasteiger partial charge in [-0.15, -0.1) is 0 Å². The third-order valence-electron chi connectivity index (χ3n) is 3.94. The number of nitrogens with one attached hydrogen (secondary N) is 1. The molecule has 1 amide bonds. The van der Waals surface area contributed by atoms with Crippen LogP contribution in [-0.2, 0) is 11.2 Å². The Balaban J connectivity index is 1.87. The number of hydrogen-bond acceptors (Lipinski definition) is 3. The van der Waals surface area contributed by atoms with Gasteiger partial charge < -0.3 is 14.8 Å². The van der Waals surface area contributed by atoms with Crippen LogP contribution in [0.4, 0.5) is 0 Å². The number of rotatable bonds is 10. The van der Waals surface area contributed by atoms with Gasteiger partial charge in [0.15, 0.2) is 0 Å². The van der Waals surface area contributed by atoms with E-state index >= 15 is 0 Å². The molecule has 0 fully saturated rings. The molecule has 0 atom stereocenters. The van der Waals surface area contributed by atoms with Crippen LogP contribution in [0, 0.1) is 0 Å². The Labute approximate surface area is 204 Å². The first kappa shape index (κ1) is 24.4. The summed E-state index contributed by atoms with van der Waals surface area (Å²) < 4.78 is 13.7. The zero-order chi connectivity index (χ0) is 21.2. The number of halogens is 4. The minimum atomic E-state index is -0.140. The van der Waals surface area contributed by atoms with Gasteiger partial charge in [0.1, 0.15) is 11.5 Å². The fraction of sp³-hybridized carbons (Fsp3) is 0.286. The Morgan fingerprint density at radius 3 is 2.45 bits per heavy atom. The van der Waals surface area contributed by atoms with Gasteiger partial charge in [0.2, 0.25) is 5.91 Å². The van der Waals surface area contributed by atoms with Crippen molar-refractivity contribution in [3.8, 4) is 11.5 Å². The fourth-order valence-electron chi connectivity index (χ4n) is 2.47. The number of ether oxygens (including phenoxy) is 2. The fourth-order valence-corrected chi connectivity index (χ4v) is 4.80. The van der Waals surface area contributed by atoms with Gasteiger partial charge in [0.25, 0.3) is 0 Å². The number of hydrogen-bond donors (Lipinski definition) is 1. The van der Waals surface area contributed by atoms with Gasteiger partial charge >= 0.3 is 0 Å². The van der Waals surface area contributed by atoms with Crippen LogP contribution in [-0.4, -0.2) is 31.5 Å². The molecule has 0 heterocycles. The van der Waals surface area contributed by atoms with Crippen LogP contribution in [0.3, 0.4) is 0 Å². The van der Waals surface area contributed by atoms with Crippen LogP contribution in [0.2, 0.25) is 0 Å². The van der Waals surface area contributed by atoms with Crippen molar-refractivity contribution in [2.24, 2.45) is 0 Å². The van der Waals surface area contributed by atoms with Crippen molar-refractivity contribution in [1.29, 1.82) is 0 Å². The molecular weight excluding hydrogens is 634 g/mol. The van der Waals surface area contributed by atoms with E-state index in [2.05, 4.69) is 69.0 Å². The number of methoxy groups -OCH3 is 1. The van der Waals surface area contributed by atoms with Gasteiger partial charge in [-0.05, 0) is 70.2 Å². The van der Waals surface area contributed by atoms with Crippen molar-refractivity contribution in [2.45, 2.75) is 12.8 Å². The Bertz CT molecular complexity index is 848. The summed E-state index contributed by atoms with van der Waals surface area (Å²) in [7, 11) is 1.62. The summed E-state index contributed by atoms with van der Waals surface area (Å²) >= 11 is 14.0. The highest BCUT2D eigenvalue weighted by Gasteiger charge is 2.09. The van der Waals surface area contributed by atoms with Crippen LogP contribution < -0.4 is 14.8 Å². The quantitative estimate of drug-likeness (QED) is 0.180. The van der Waals surface area contributed by atoms with Gasteiger partial charge in [-0.3, -0.25) is 4.79 Å². The van der Waals surface area contributed by atoms with Crippen molar-refractivity contribution < 1.29 is 14.3 Å². The Morgan fingerprint density at radius 2 is 1.83 bits per heavy atom. The third kappa shape index (κ3) is 8.07. The van der Waals surface area contributed by atoms with E-state index < -0.39 is 0 Å². The first-order valence-corrected chi connectivity index (χ1v) is 12.4. The van der Waals surface area contributed by atoms with Gasteiger partial charge in [0.05, 0.1) is 18.2 Å². The number of carbonyl (C=O) groups excluding carboxylic acids is 1. The molecule has 4 nitrogen and oxygen atoms in total. The summed E-state index contributed by atoms with van der Waals surface area (Å²) in [5.41, 5.74) is 2.00. The molecule has 29 heavy (non-hydrogen) atoms. The molecular formula is C21H21Br4NO3. The summed E-state index contributed by atoms with van der Waals surface area (Å²) in [6.07, 6.45) is 4.93.